The minimum absolute atomic E-state index is 0.522. The van der Waals surface area contributed by atoms with Crippen molar-refractivity contribution in [2.45, 2.75) is 25.4 Å². The molecule has 0 aliphatic rings. The van der Waals surface area contributed by atoms with Crippen molar-refractivity contribution in [1.82, 2.24) is 5.32 Å². The van der Waals surface area contributed by atoms with Gasteiger partial charge in [0.2, 0.25) is 0 Å². The summed E-state index contributed by atoms with van der Waals surface area (Å²) in [6.07, 6.45) is 0.687. The summed E-state index contributed by atoms with van der Waals surface area (Å²) in [5, 5.41) is 12.4. The van der Waals surface area contributed by atoms with Crippen molar-refractivity contribution in [3.8, 4) is 6.07 Å². The second-order valence-electron chi connectivity index (χ2n) is 4.03. The van der Waals surface area contributed by atoms with Gasteiger partial charge in [0.1, 0.15) is 5.54 Å². The van der Waals surface area contributed by atoms with Gasteiger partial charge in [0, 0.05) is 26.7 Å². The van der Waals surface area contributed by atoms with Crippen molar-refractivity contribution in [3.63, 3.8) is 0 Å². The fraction of sp³-hybridized carbons (Fsp3) is 0.462. The molecule has 1 atom stereocenters. The first-order chi connectivity index (χ1) is 7.70. The molecular weight excluding hydrogens is 200 g/mol. The lowest BCUT2D eigenvalue weighted by Crippen LogP contribution is -2.41. The van der Waals surface area contributed by atoms with Crippen molar-refractivity contribution < 1.29 is 4.74 Å². The van der Waals surface area contributed by atoms with Gasteiger partial charge >= 0.3 is 0 Å². The maximum Gasteiger partial charge on any atom is 0.106 e. The molecular formula is C13H18N2O. The molecule has 0 amide bonds. The summed E-state index contributed by atoms with van der Waals surface area (Å²) in [6.45, 7) is 3.19. The van der Waals surface area contributed by atoms with Crippen molar-refractivity contribution in [3.05, 3.63) is 35.9 Å². The molecule has 0 bridgehead atoms. The molecule has 0 radical (unpaired) electrons. The van der Waals surface area contributed by atoms with Crippen LogP contribution in [-0.4, -0.2) is 19.3 Å². The van der Waals surface area contributed by atoms with E-state index in [1.165, 1.54) is 5.56 Å². The van der Waals surface area contributed by atoms with Gasteiger partial charge in [0.25, 0.3) is 0 Å². The van der Waals surface area contributed by atoms with E-state index in [2.05, 4.69) is 11.4 Å². The molecule has 86 valence electrons. The second kappa shape index (κ2) is 6.26. The van der Waals surface area contributed by atoms with Gasteiger partial charge in [-0.25, -0.2) is 0 Å². The van der Waals surface area contributed by atoms with E-state index < -0.39 is 5.54 Å². The lowest BCUT2D eigenvalue weighted by Gasteiger charge is -2.22. The molecule has 1 rings (SSSR count). The standard InChI is InChI=1S/C13H18N2O/c1-13(11-14,8-9-16-2)15-10-12-6-4-3-5-7-12/h3-7,15H,8-10H2,1-2H3. The summed E-state index contributed by atoms with van der Waals surface area (Å²) in [5.74, 6) is 0. The average molecular weight is 218 g/mol. The number of nitriles is 1. The molecule has 0 aliphatic heterocycles. The maximum absolute atomic E-state index is 9.12. The monoisotopic (exact) mass is 218 g/mol. The van der Waals surface area contributed by atoms with Gasteiger partial charge in [-0.3, -0.25) is 5.32 Å². The Morgan fingerprint density at radius 3 is 2.62 bits per heavy atom. The predicted octanol–water partition coefficient (Wildman–Crippen LogP) is 2.09. The lowest BCUT2D eigenvalue weighted by atomic mass is 10.00. The minimum Gasteiger partial charge on any atom is -0.385 e. The number of rotatable bonds is 6. The van der Waals surface area contributed by atoms with Crippen LogP contribution in [0.4, 0.5) is 0 Å². The fourth-order valence-corrected chi connectivity index (χ4v) is 1.38. The predicted molar refractivity (Wildman–Crippen MR) is 63.8 cm³/mol. The molecule has 0 fully saturated rings. The quantitative estimate of drug-likeness (QED) is 0.795. The molecule has 1 aromatic rings. The van der Waals surface area contributed by atoms with Crippen molar-refractivity contribution in [1.29, 1.82) is 5.26 Å². The molecule has 1 N–H and O–H groups in total. The molecule has 1 aromatic carbocycles. The molecule has 3 heteroatoms. The van der Waals surface area contributed by atoms with E-state index in [1.807, 2.05) is 37.3 Å². The number of hydrogen-bond acceptors (Lipinski definition) is 3. The van der Waals surface area contributed by atoms with Crippen LogP contribution >= 0.6 is 0 Å². The van der Waals surface area contributed by atoms with Crippen LogP contribution in [0.5, 0.6) is 0 Å². The van der Waals surface area contributed by atoms with Crippen molar-refractivity contribution in [2.75, 3.05) is 13.7 Å². The highest BCUT2D eigenvalue weighted by Gasteiger charge is 2.22. The number of benzene rings is 1. The number of hydrogen-bond donors (Lipinski definition) is 1. The van der Waals surface area contributed by atoms with Gasteiger partial charge in [0.05, 0.1) is 6.07 Å². The third kappa shape index (κ3) is 4.01. The molecule has 0 saturated carbocycles. The van der Waals surface area contributed by atoms with Crippen LogP contribution in [0.15, 0.2) is 30.3 Å². The van der Waals surface area contributed by atoms with E-state index in [0.717, 1.165) is 0 Å². The van der Waals surface area contributed by atoms with Gasteiger partial charge < -0.3 is 4.74 Å². The zero-order chi connectivity index (χ0) is 11.9. The van der Waals surface area contributed by atoms with Crippen LogP contribution < -0.4 is 5.32 Å². The average Bonchev–Trinajstić information content (AvgIpc) is 2.35. The van der Waals surface area contributed by atoms with Gasteiger partial charge in [-0.2, -0.15) is 5.26 Å². The highest BCUT2D eigenvalue weighted by atomic mass is 16.5. The van der Waals surface area contributed by atoms with Crippen LogP contribution in [0.3, 0.4) is 0 Å². The largest absolute Gasteiger partial charge is 0.385 e. The first kappa shape index (κ1) is 12.7. The smallest absolute Gasteiger partial charge is 0.106 e. The normalized spacial score (nSPS) is 14.1. The lowest BCUT2D eigenvalue weighted by molar-refractivity contribution is 0.173. The van der Waals surface area contributed by atoms with Crippen LogP contribution in [0.1, 0.15) is 18.9 Å². The zero-order valence-electron chi connectivity index (χ0n) is 9.86. The summed E-state index contributed by atoms with van der Waals surface area (Å²) >= 11 is 0. The van der Waals surface area contributed by atoms with E-state index in [-0.39, 0.29) is 0 Å². The molecule has 3 nitrogen and oxygen atoms in total. The first-order valence-corrected chi connectivity index (χ1v) is 5.39. The van der Waals surface area contributed by atoms with Crippen molar-refractivity contribution in [2.24, 2.45) is 0 Å². The van der Waals surface area contributed by atoms with Crippen LogP contribution in [-0.2, 0) is 11.3 Å². The number of nitrogens with zero attached hydrogens (tertiary/aromatic N) is 1. The third-order valence-corrected chi connectivity index (χ3v) is 2.58. The molecule has 16 heavy (non-hydrogen) atoms. The van der Waals surface area contributed by atoms with E-state index in [1.54, 1.807) is 7.11 Å². The zero-order valence-corrected chi connectivity index (χ0v) is 9.86. The Morgan fingerprint density at radius 2 is 2.06 bits per heavy atom. The van der Waals surface area contributed by atoms with E-state index >= 15 is 0 Å². The van der Waals surface area contributed by atoms with Gasteiger partial charge in [-0.15, -0.1) is 0 Å². The highest BCUT2D eigenvalue weighted by molar-refractivity contribution is 5.15. The Morgan fingerprint density at radius 1 is 1.38 bits per heavy atom. The van der Waals surface area contributed by atoms with E-state index in [9.17, 15) is 0 Å². The Kier molecular flexibility index (Phi) is 4.97. The van der Waals surface area contributed by atoms with E-state index in [4.69, 9.17) is 10.00 Å². The highest BCUT2D eigenvalue weighted by Crippen LogP contribution is 2.10. The summed E-state index contributed by atoms with van der Waals surface area (Å²) in [4.78, 5) is 0. The minimum atomic E-state index is -0.522. The molecule has 0 aliphatic carbocycles. The maximum atomic E-state index is 9.12. The summed E-state index contributed by atoms with van der Waals surface area (Å²) in [7, 11) is 1.65. The van der Waals surface area contributed by atoms with Crippen molar-refractivity contribution >= 4 is 0 Å². The van der Waals surface area contributed by atoms with Crippen LogP contribution in [0.2, 0.25) is 0 Å². The Labute approximate surface area is 97.0 Å². The first-order valence-electron chi connectivity index (χ1n) is 5.39. The number of ether oxygens (including phenoxy) is 1. The summed E-state index contributed by atoms with van der Waals surface area (Å²) in [5.41, 5.74) is 0.660. The third-order valence-electron chi connectivity index (χ3n) is 2.58. The second-order valence-corrected chi connectivity index (χ2v) is 4.03. The Balaban J connectivity index is 2.49. The summed E-state index contributed by atoms with van der Waals surface area (Å²) < 4.78 is 5.00. The van der Waals surface area contributed by atoms with E-state index in [0.29, 0.717) is 19.6 Å². The molecule has 0 aromatic heterocycles. The molecule has 0 heterocycles. The molecule has 1 unspecified atom stereocenters. The Bertz CT molecular complexity index is 345. The van der Waals surface area contributed by atoms with Crippen LogP contribution in [0.25, 0.3) is 0 Å². The number of methoxy groups -OCH3 is 1. The fourth-order valence-electron chi connectivity index (χ4n) is 1.38. The van der Waals surface area contributed by atoms with Crippen LogP contribution in [0, 0.1) is 11.3 Å². The summed E-state index contributed by atoms with van der Waals surface area (Å²) in [6, 6.07) is 12.4. The van der Waals surface area contributed by atoms with Gasteiger partial charge in [-0.05, 0) is 12.5 Å². The topological polar surface area (TPSA) is 45.0 Å². The van der Waals surface area contributed by atoms with Gasteiger partial charge in [0.15, 0.2) is 0 Å². The molecule has 0 spiro atoms. The number of nitrogens with one attached hydrogen (secondary N) is 1. The Hall–Kier alpha value is -1.37. The molecule has 0 saturated heterocycles. The van der Waals surface area contributed by atoms with Gasteiger partial charge in [-0.1, -0.05) is 30.3 Å². The SMILES string of the molecule is COCCC(C)(C#N)NCc1ccccc1.